The van der Waals surface area contributed by atoms with Crippen LogP contribution in [0.4, 0.5) is 0 Å². The van der Waals surface area contributed by atoms with E-state index in [1.54, 1.807) is 6.92 Å². The van der Waals surface area contributed by atoms with E-state index in [2.05, 4.69) is 17.1 Å². The second kappa shape index (κ2) is 21.7. The first kappa shape index (κ1) is 44.8. The zero-order valence-corrected chi connectivity index (χ0v) is 29.2. The van der Waals surface area contributed by atoms with Crippen molar-refractivity contribution in [2.24, 2.45) is 11.1 Å². The standard InChI is InChI=1S/C22H32N2O7.C9H19NO.C3H6O2.CH4/c1-5-29-14-7-6-13(12(4)8-14)9-15-17(11(2)3)23-24-21(15)31-22-20(28)19(27)18(26)16(10-25)30-22;1-4-5-6-7-9(2,3)8(10)11;1-2-3(4)5;/h6-8,11,16,18-20,22,25-28H,5,9-10H2,1-4H3,(H,23,24);4-7H2,1-3H3,(H2,10,11);2H2,1H3,(H,4,5);1H4/t16?,18-,19-,20?,22+;;;/m1.../s1. The van der Waals surface area contributed by atoms with Gasteiger partial charge in [0.2, 0.25) is 18.1 Å². The second-order valence-corrected chi connectivity index (χ2v) is 12.5. The molecule has 1 aliphatic rings. The van der Waals surface area contributed by atoms with Gasteiger partial charge in [-0.05, 0) is 49.4 Å². The van der Waals surface area contributed by atoms with E-state index in [4.69, 9.17) is 25.1 Å². The fraction of sp³-hybridized carbons (Fsp3) is 0.686. The number of carbonyl (C=O) groups excluding carboxylic acids is 1. The highest BCUT2D eigenvalue weighted by atomic mass is 16.7. The van der Waals surface area contributed by atoms with Crippen LogP contribution in [-0.2, 0) is 20.7 Å². The lowest BCUT2D eigenvalue weighted by Gasteiger charge is -2.39. The fourth-order valence-electron chi connectivity index (χ4n) is 4.64. The highest BCUT2D eigenvalue weighted by Gasteiger charge is 2.45. The summed E-state index contributed by atoms with van der Waals surface area (Å²) in [6.07, 6.45) is -1.67. The van der Waals surface area contributed by atoms with Crippen molar-refractivity contribution in [1.29, 1.82) is 0 Å². The number of carboxylic acids is 1. The van der Waals surface area contributed by atoms with Gasteiger partial charge in [-0.3, -0.25) is 14.7 Å². The summed E-state index contributed by atoms with van der Waals surface area (Å²) in [6.45, 7) is 15.6. The Balaban J connectivity index is 0.00000108. The summed E-state index contributed by atoms with van der Waals surface area (Å²) < 4.78 is 16.9. The van der Waals surface area contributed by atoms with Crippen molar-refractivity contribution in [2.45, 2.75) is 138 Å². The predicted octanol–water partition coefficient (Wildman–Crippen LogP) is 4.21. The second-order valence-electron chi connectivity index (χ2n) is 12.5. The van der Waals surface area contributed by atoms with E-state index in [-0.39, 0.29) is 37.0 Å². The minimum absolute atomic E-state index is 0. The molecule has 276 valence electrons. The molecule has 0 bridgehead atoms. The number of primary amides is 1. The number of unbranched alkanes of at least 4 members (excludes halogenated alkanes) is 2. The Labute approximate surface area is 285 Å². The number of nitrogens with two attached hydrogens (primary N) is 1. The topological polar surface area (TPSA) is 218 Å². The highest BCUT2D eigenvalue weighted by molar-refractivity contribution is 5.79. The molecule has 5 atom stereocenters. The zero-order chi connectivity index (χ0) is 35.9. The molecule has 0 saturated carbocycles. The van der Waals surface area contributed by atoms with Crippen LogP contribution in [0.15, 0.2) is 18.2 Å². The molecule has 2 heterocycles. The monoisotopic (exact) mass is 683 g/mol. The van der Waals surface area contributed by atoms with Crippen LogP contribution in [0.3, 0.4) is 0 Å². The number of carbonyl (C=O) groups is 2. The molecule has 1 aromatic heterocycles. The maximum atomic E-state index is 10.8. The van der Waals surface area contributed by atoms with Crippen molar-refractivity contribution < 1.29 is 49.3 Å². The van der Waals surface area contributed by atoms with Gasteiger partial charge in [0.25, 0.3) is 0 Å². The summed E-state index contributed by atoms with van der Waals surface area (Å²) in [5.41, 5.74) is 8.71. The summed E-state index contributed by atoms with van der Waals surface area (Å²) in [5.74, 6) is 0.246. The number of aliphatic hydroxyl groups excluding tert-OH is 4. The van der Waals surface area contributed by atoms with Gasteiger partial charge < -0.3 is 45.5 Å². The number of benzene rings is 1. The maximum Gasteiger partial charge on any atom is 0.303 e. The van der Waals surface area contributed by atoms with Gasteiger partial charge in [0.05, 0.1) is 13.2 Å². The van der Waals surface area contributed by atoms with Gasteiger partial charge >= 0.3 is 5.97 Å². The minimum atomic E-state index is -1.52. The van der Waals surface area contributed by atoms with E-state index in [9.17, 15) is 30.0 Å². The summed E-state index contributed by atoms with van der Waals surface area (Å²) in [5, 5.41) is 54.7. The van der Waals surface area contributed by atoms with Gasteiger partial charge in [0.1, 0.15) is 30.2 Å². The van der Waals surface area contributed by atoms with Crippen molar-refractivity contribution in [3.8, 4) is 11.6 Å². The Kier molecular flexibility index (Phi) is 20.2. The number of nitrogens with zero attached hydrogens (tertiary/aromatic N) is 1. The number of aliphatic carboxylic acids is 1. The van der Waals surface area contributed by atoms with Crippen LogP contribution >= 0.6 is 0 Å². The molecule has 1 saturated heterocycles. The molecule has 0 radical (unpaired) electrons. The summed E-state index contributed by atoms with van der Waals surface area (Å²) in [6, 6.07) is 5.89. The predicted molar refractivity (Wildman–Crippen MR) is 184 cm³/mol. The average Bonchev–Trinajstić information content (AvgIpc) is 3.41. The Morgan fingerprint density at radius 1 is 1.08 bits per heavy atom. The Morgan fingerprint density at radius 3 is 2.19 bits per heavy atom. The third kappa shape index (κ3) is 13.7. The van der Waals surface area contributed by atoms with Crippen LogP contribution in [-0.4, -0.2) is 91.5 Å². The third-order valence-corrected chi connectivity index (χ3v) is 7.88. The number of rotatable bonds is 14. The van der Waals surface area contributed by atoms with Gasteiger partial charge in [0, 0.05) is 29.5 Å². The highest BCUT2D eigenvalue weighted by Crippen LogP contribution is 2.32. The molecule has 13 heteroatoms. The average molecular weight is 684 g/mol. The van der Waals surface area contributed by atoms with Crippen LogP contribution in [0, 0.1) is 12.3 Å². The largest absolute Gasteiger partial charge is 0.494 e. The lowest BCUT2D eigenvalue weighted by Crippen LogP contribution is -2.60. The fourth-order valence-corrected chi connectivity index (χ4v) is 4.64. The molecule has 8 N–H and O–H groups in total. The molecular weight excluding hydrogens is 622 g/mol. The van der Waals surface area contributed by atoms with Crippen molar-refractivity contribution in [3.63, 3.8) is 0 Å². The van der Waals surface area contributed by atoms with Gasteiger partial charge in [-0.1, -0.05) is 74.3 Å². The first-order chi connectivity index (χ1) is 22.0. The number of aromatic nitrogens is 2. The Bertz CT molecular complexity index is 1230. The first-order valence-corrected chi connectivity index (χ1v) is 16.3. The van der Waals surface area contributed by atoms with Crippen LogP contribution < -0.4 is 15.2 Å². The summed E-state index contributed by atoms with van der Waals surface area (Å²) in [7, 11) is 0. The van der Waals surface area contributed by atoms with E-state index < -0.39 is 43.3 Å². The normalized spacial score (nSPS) is 20.4. The molecule has 2 unspecified atom stereocenters. The summed E-state index contributed by atoms with van der Waals surface area (Å²) >= 11 is 0. The van der Waals surface area contributed by atoms with E-state index in [1.807, 2.05) is 59.7 Å². The number of aliphatic hydroxyl groups is 4. The molecule has 1 aliphatic heterocycles. The smallest absolute Gasteiger partial charge is 0.303 e. The lowest BCUT2D eigenvalue weighted by atomic mass is 9.86. The zero-order valence-electron chi connectivity index (χ0n) is 29.2. The molecule has 3 rings (SSSR count). The first-order valence-electron chi connectivity index (χ1n) is 16.3. The van der Waals surface area contributed by atoms with Crippen molar-refractivity contribution >= 4 is 11.9 Å². The molecule has 48 heavy (non-hydrogen) atoms. The molecule has 0 aliphatic carbocycles. The molecule has 1 aromatic carbocycles. The summed E-state index contributed by atoms with van der Waals surface area (Å²) in [4.78, 5) is 20.2. The molecule has 2 aromatic rings. The van der Waals surface area contributed by atoms with E-state index in [1.165, 1.54) is 12.8 Å². The molecular formula is C35H61N3O10. The lowest BCUT2D eigenvalue weighted by molar-refractivity contribution is -0.278. The Morgan fingerprint density at radius 2 is 1.71 bits per heavy atom. The number of hydrogen-bond donors (Lipinski definition) is 7. The van der Waals surface area contributed by atoms with E-state index in [0.717, 1.165) is 41.0 Å². The van der Waals surface area contributed by atoms with Crippen LogP contribution in [0.5, 0.6) is 11.6 Å². The number of amides is 1. The minimum Gasteiger partial charge on any atom is -0.494 e. The molecule has 0 spiro atoms. The third-order valence-electron chi connectivity index (χ3n) is 7.88. The van der Waals surface area contributed by atoms with Crippen molar-refractivity contribution in [3.05, 3.63) is 40.6 Å². The van der Waals surface area contributed by atoms with Gasteiger partial charge in [-0.25, -0.2) is 0 Å². The van der Waals surface area contributed by atoms with Crippen LogP contribution in [0.1, 0.15) is 116 Å². The van der Waals surface area contributed by atoms with Crippen LogP contribution in [0.2, 0.25) is 0 Å². The number of ether oxygens (including phenoxy) is 3. The molecule has 13 nitrogen and oxygen atoms in total. The maximum absolute atomic E-state index is 10.8. The SMILES string of the molecule is C.CCC(=O)O.CCCCCC(C)(C)C(N)=O.CCOc1ccc(Cc2c(O[C@@H]3OC(CO)[C@@H](O)[C@@H](O)C3O)n[nH]c2C(C)C)c(C)c1. The molecule has 1 amide bonds. The quantitative estimate of drug-likeness (QED) is 0.140. The number of carboxylic acid groups (broad SMARTS) is 1. The Hall–Kier alpha value is -3.23. The van der Waals surface area contributed by atoms with Crippen molar-refractivity contribution in [1.82, 2.24) is 10.2 Å². The number of hydrogen-bond acceptors (Lipinski definition) is 10. The van der Waals surface area contributed by atoms with Crippen LogP contribution in [0.25, 0.3) is 0 Å². The number of aromatic amines is 1. The number of nitrogens with one attached hydrogen (secondary N) is 1. The number of H-pyrrole nitrogens is 1. The van der Waals surface area contributed by atoms with Gasteiger partial charge in [-0.15, -0.1) is 5.10 Å². The number of aryl methyl sites for hydroxylation is 1. The van der Waals surface area contributed by atoms with Gasteiger partial charge in [0.15, 0.2) is 0 Å². The van der Waals surface area contributed by atoms with E-state index >= 15 is 0 Å². The molecule has 1 fully saturated rings. The van der Waals surface area contributed by atoms with Gasteiger partial charge in [-0.2, -0.15) is 0 Å². The van der Waals surface area contributed by atoms with Crippen molar-refractivity contribution in [2.75, 3.05) is 13.2 Å². The van der Waals surface area contributed by atoms with E-state index in [0.29, 0.717) is 13.0 Å².